The van der Waals surface area contributed by atoms with Gasteiger partial charge in [0.25, 0.3) is 0 Å². The van der Waals surface area contributed by atoms with E-state index in [4.69, 9.17) is 4.74 Å². The van der Waals surface area contributed by atoms with Crippen LogP contribution in [0.25, 0.3) is 0 Å². The van der Waals surface area contributed by atoms with Gasteiger partial charge < -0.3 is 15.4 Å². The molecule has 0 saturated heterocycles. The van der Waals surface area contributed by atoms with Gasteiger partial charge >= 0.3 is 0 Å². The van der Waals surface area contributed by atoms with Crippen molar-refractivity contribution in [2.75, 3.05) is 24.3 Å². The largest absolute Gasteiger partial charge is 0.381 e. The molecule has 1 aromatic rings. The van der Waals surface area contributed by atoms with Crippen molar-refractivity contribution in [2.45, 2.75) is 38.8 Å². The Morgan fingerprint density at radius 3 is 2.82 bits per heavy atom. The van der Waals surface area contributed by atoms with Gasteiger partial charge in [-0.25, -0.2) is 4.98 Å². The van der Waals surface area contributed by atoms with E-state index >= 15 is 0 Å². The Balaban J connectivity index is 1.96. The second-order valence-electron chi connectivity index (χ2n) is 4.42. The van der Waals surface area contributed by atoms with Gasteiger partial charge in [-0.2, -0.15) is 4.98 Å². The average molecular weight is 236 g/mol. The van der Waals surface area contributed by atoms with E-state index in [2.05, 4.69) is 20.6 Å². The fourth-order valence-electron chi connectivity index (χ4n) is 1.96. The van der Waals surface area contributed by atoms with Crippen LogP contribution in [0, 0.1) is 6.92 Å². The second kappa shape index (κ2) is 5.31. The number of nitrogens with one attached hydrogen (secondary N) is 2. The van der Waals surface area contributed by atoms with Crippen molar-refractivity contribution in [1.29, 1.82) is 0 Å². The summed E-state index contributed by atoms with van der Waals surface area (Å²) in [6, 6.07) is 2.45. The lowest BCUT2D eigenvalue weighted by Gasteiger charge is -2.34. The topological polar surface area (TPSA) is 59.1 Å². The molecule has 2 N–H and O–H groups in total. The monoisotopic (exact) mass is 236 g/mol. The number of aromatic nitrogens is 2. The summed E-state index contributed by atoms with van der Waals surface area (Å²) in [5, 5.41) is 6.54. The van der Waals surface area contributed by atoms with Gasteiger partial charge in [-0.15, -0.1) is 0 Å². The predicted octanol–water partition coefficient (Wildman–Crippen LogP) is 1.81. The summed E-state index contributed by atoms with van der Waals surface area (Å²) in [6.45, 7) is 4.85. The summed E-state index contributed by atoms with van der Waals surface area (Å²) in [5.74, 6) is 1.59. The predicted molar refractivity (Wildman–Crippen MR) is 68.4 cm³/mol. The summed E-state index contributed by atoms with van der Waals surface area (Å²) in [7, 11) is 1.76. The lowest BCUT2D eigenvalue weighted by molar-refractivity contribution is 0.0328. The van der Waals surface area contributed by atoms with Crippen molar-refractivity contribution < 1.29 is 4.74 Å². The van der Waals surface area contributed by atoms with E-state index in [1.54, 1.807) is 7.11 Å². The van der Waals surface area contributed by atoms with Crippen molar-refractivity contribution >= 4 is 11.8 Å². The van der Waals surface area contributed by atoms with Gasteiger partial charge in [0, 0.05) is 31.5 Å². The number of anilines is 2. The Morgan fingerprint density at radius 1 is 1.41 bits per heavy atom. The molecule has 1 saturated carbocycles. The smallest absolute Gasteiger partial charge is 0.224 e. The van der Waals surface area contributed by atoms with Gasteiger partial charge in [0.05, 0.1) is 6.10 Å². The molecule has 5 nitrogen and oxygen atoms in total. The molecule has 0 atom stereocenters. The maximum Gasteiger partial charge on any atom is 0.224 e. The zero-order valence-electron chi connectivity index (χ0n) is 10.7. The fourth-order valence-corrected chi connectivity index (χ4v) is 1.96. The highest BCUT2D eigenvalue weighted by molar-refractivity contribution is 5.43. The molecule has 0 unspecified atom stereocenters. The first-order valence-corrected chi connectivity index (χ1v) is 6.10. The highest BCUT2D eigenvalue weighted by Crippen LogP contribution is 2.26. The molecule has 1 aromatic heterocycles. The number of rotatable bonds is 5. The molecule has 1 aliphatic carbocycles. The lowest BCUT2D eigenvalue weighted by atomic mass is 9.89. The fraction of sp³-hybridized carbons (Fsp3) is 0.667. The summed E-state index contributed by atoms with van der Waals surface area (Å²) < 4.78 is 5.25. The van der Waals surface area contributed by atoms with Crippen molar-refractivity contribution in [3.05, 3.63) is 11.8 Å². The van der Waals surface area contributed by atoms with Crippen LogP contribution in [0.5, 0.6) is 0 Å². The molecule has 5 heteroatoms. The second-order valence-corrected chi connectivity index (χ2v) is 4.42. The Labute approximate surface area is 102 Å². The SMILES string of the molecule is CCNc1nc(C)cc(NC2CC(OC)C2)n1. The minimum atomic E-state index is 0.406. The first-order valence-electron chi connectivity index (χ1n) is 6.10. The van der Waals surface area contributed by atoms with Crippen LogP contribution in [0.4, 0.5) is 11.8 Å². The highest BCUT2D eigenvalue weighted by Gasteiger charge is 2.29. The Hall–Kier alpha value is -1.36. The van der Waals surface area contributed by atoms with Crippen LogP contribution in [0.3, 0.4) is 0 Å². The first kappa shape index (κ1) is 12.1. The normalized spacial score (nSPS) is 23.0. The van der Waals surface area contributed by atoms with Gasteiger partial charge in [0.15, 0.2) is 0 Å². The number of methoxy groups -OCH3 is 1. The van der Waals surface area contributed by atoms with E-state index in [0.717, 1.165) is 30.9 Å². The van der Waals surface area contributed by atoms with Crippen molar-refractivity contribution in [1.82, 2.24) is 9.97 Å². The standard InChI is InChI=1S/C12H20N4O/c1-4-13-12-14-8(2)5-11(16-12)15-9-6-10(7-9)17-3/h5,9-10H,4,6-7H2,1-3H3,(H2,13,14,15,16). The van der Waals surface area contributed by atoms with E-state index in [9.17, 15) is 0 Å². The van der Waals surface area contributed by atoms with Crippen LogP contribution in [0.15, 0.2) is 6.07 Å². The molecule has 0 aromatic carbocycles. The number of aryl methyl sites for hydroxylation is 1. The molecule has 94 valence electrons. The summed E-state index contributed by atoms with van der Waals surface area (Å²) in [4.78, 5) is 8.74. The van der Waals surface area contributed by atoms with Gasteiger partial charge in [0.1, 0.15) is 5.82 Å². The number of hydrogen-bond donors (Lipinski definition) is 2. The molecule has 2 rings (SSSR count). The highest BCUT2D eigenvalue weighted by atomic mass is 16.5. The van der Waals surface area contributed by atoms with Crippen LogP contribution in [0.1, 0.15) is 25.5 Å². The molecular formula is C12H20N4O. The molecule has 0 aliphatic heterocycles. The van der Waals surface area contributed by atoms with Crippen LogP contribution in [0.2, 0.25) is 0 Å². The third-order valence-electron chi connectivity index (χ3n) is 2.97. The third kappa shape index (κ3) is 3.06. The Bertz CT molecular complexity index is 377. The van der Waals surface area contributed by atoms with Crippen LogP contribution < -0.4 is 10.6 Å². The molecule has 1 aliphatic rings. The quantitative estimate of drug-likeness (QED) is 0.816. The maximum absolute atomic E-state index is 5.25. The van der Waals surface area contributed by atoms with Crippen molar-refractivity contribution in [3.63, 3.8) is 0 Å². The third-order valence-corrected chi connectivity index (χ3v) is 2.97. The summed E-state index contributed by atoms with van der Waals surface area (Å²) in [5.41, 5.74) is 0.973. The van der Waals surface area contributed by atoms with Gasteiger partial charge in [-0.1, -0.05) is 0 Å². The minimum absolute atomic E-state index is 0.406. The van der Waals surface area contributed by atoms with E-state index in [1.165, 1.54) is 0 Å². The zero-order chi connectivity index (χ0) is 12.3. The summed E-state index contributed by atoms with van der Waals surface area (Å²) >= 11 is 0. The van der Waals surface area contributed by atoms with Crippen LogP contribution in [-0.2, 0) is 4.74 Å². The minimum Gasteiger partial charge on any atom is -0.381 e. The van der Waals surface area contributed by atoms with Crippen LogP contribution in [-0.4, -0.2) is 35.8 Å². The van der Waals surface area contributed by atoms with E-state index < -0.39 is 0 Å². The Kier molecular flexibility index (Phi) is 3.78. The van der Waals surface area contributed by atoms with Gasteiger partial charge in [-0.3, -0.25) is 0 Å². The summed E-state index contributed by atoms with van der Waals surface area (Å²) in [6.07, 6.45) is 2.51. The average Bonchev–Trinajstić information content (AvgIpc) is 2.22. The maximum atomic E-state index is 5.25. The zero-order valence-corrected chi connectivity index (χ0v) is 10.7. The van der Waals surface area contributed by atoms with Crippen LogP contribution >= 0.6 is 0 Å². The van der Waals surface area contributed by atoms with E-state index in [-0.39, 0.29) is 0 Å². The van der Waals surface area contributed by atoms with E-state index in [1.807, 2.05) is 19.9 Å². The molecule has 0 amide bonds. The first-order chi connectivity index (χ1) is 8.21. The van der Waals surface area contributed by atoms with Crippen molar-refractivity contribution in [3.8, 4) is 0 Å². The molecule has 0 bridgehead atoms. The molecule has 1 heterocycles. The molecule has 1 fully saturated rings. The lowest BCUT2D eigenvalue weighted by Crippen LogP contribution is -2.40. The van der Waals surface area contributed by atoms with Gasteiger partial charge in [0.2, 0.25) is 5.95 Å². The molecule has 0 radical (unpaired) electrons. The molecule has 17 heavy (non-hydrogen) atoms. The number of nitrogens with zero attached hydrogens (tertiary/aromatic N) is 2. The molecular weight excluding hydrogens is 216 g/mol. The Morgan fingerprint density at radius 2 is 2.18 bits per heavy atom. The van der Waals surface area contributed by atoms with Crippen molar-refractivity contribution in [2.24, 2.45) is 0 Å². The number of ether oxygens (including phenoxy) is 1. The van der Waals surface area contributed by atoms with Gasteiger partial charge in [-0.05, 0) is 26.7 Å². The van der Waals surface area contributed by atoms with E-state index in [0.29, 0.717) is 18.1 Å². The molecule has 0 spiro atoms. The number of hydrogen-bond acceptors (Lipinski definition) is 5.